The molecule has 1 aromatic carbocycles. The topological polar surface area (TPSA) is 59.7 Å². The fourth-order valence-corrected chi connectivity index (χ4v) is 4.51. The normalized spacial score (nSPS) is 15.5. The van der Waals surface area contributed by atoms with E-state index in [4.69, 9.17) is 27.9 Å². The molecular formula is C19H20Cl2N4O2S. The molecule has 0 amide bonds. The first-order valence-electron chi connectivity index (χ1n) is 9.23. The van der Waals surface area contributed by atoms with Crippen LogP contribution >= 0.6 is 34.5 Å². The number of hydrogen-bond donors (Lipinski definition) is 0. The van der Waals surface area contributed by atoms with Gasteiger partial charge < -0.3 is 9.64 Å². The van der Waals surface area contributed by atoms with E-state index in [1.807, 2.05) is 19.1 Å². The molecule has 0 spiro atoms. The molecule has 0 N–H and O–H groups in total. The summed E-state index contributed by atoms with van der Waals surface area (Å²) in [6, 6.07) is 7.12. The van der Waals surface area contributed by atoms with E-state index in [1.165, 1.54) is 15.9 Å². The molecule has 1 fully saturated rings. The number of anilines is 1. The van der Waals surface area contributed by atoms with Crippen molar-refractivity contribution in [2.45, 2.75) is 38.9 Å². The minimum absolute atomic E-state index is 0.121. The second kappa shape index (κ2) is 8.37. The molecule has 0 bridgehead atoms. The maximum atomic E-state index is 12.2. The molecule has 1 saturated heterocycles. The van der Waals surface area contributed by atoms with Crippen molar-refractivity contribution >= 4 is 44.6 Å². The lowest BCUT2D eigenvalue weighted by molar-refractivity contribution is 0.0251. The van der Waals surface area contributed by atoms with Gasteiger partial charge in [0.05, 0.1) is 22.8 Å². The molecular weight excluding hydrogens is 419 g/mol. The number of benzene rings is 1. The molecule has 2 aromatic heterocycles. The highest BCUT2D eigenvalue weighted by atomic mass is 35.5. The molecule has 4 rings (SSSR count). The second-order valence-corrected chi connectivity index (χ2v) is 8.51. The van der Waals surface area contributed by atoms with Gasteiger partial charge in [0.25, 0.3) is 5.56 Å². The third kappa shape index (κ3) is 4.17. The highest BCUT2D eigenvalue weighted by molar-refractivity contribution is 7.20. The molecule has 0 radical (unpaired) electrons. The van der Waals surface area contributed by atoms with Crippen LogP contribution in [0.4, 0.5) is 5.13 Å². The van der Waals surface area contributed by atoms with E-state index in [9.17, 15) is 4.79 Å². The van der Waals surface area contributed by atoms with Gasteiger partial charge in [-0.2, -0.15) is 4.52 Å². The molecule has 0 atom stereocenters. The predicted molar refractivity (Wildman–Crippen MR) is 113 cm³/mol. The van der Waals surface area contributed by atoms with Crippen molar-refractivity contribution in [1.29, 1.82) is 0 Å². The fourth-order valence-electron chi connectivity index (χ4n) is 3.21. The molecule has 0 aliphatic carbocycles. The summed E-state index contributed by atoms with van der Waals surface area (Å²) in [6.07, 6.45) is 2.73. The zero-order valence-electron chi connectivity index (χ0n) is 15.4. The molecule has 148 valence electrons. The summed E-state index contributed by atoms with van der Waals surface area (Å²) in [4.78, 5) is 19.5. The van der Waals surface area contributed by atoms with Gasteiger partial charge >= 0.3 is 0 Å². The Morgan fingerprint density at radius 3 is 2.71 bits per heavy atom. The van der Waals surface area contributed by atoms with Gasteiger partial charge in [-0.3, -0.25) is 4.79 Å². The number of hydrogen-bond acceptors (Lipinski definition) is 6. The SMILES string of the molecule is CCc1cc(=O)n2nc(N3CCC(OCc4ccc(Cl)c(Cl)c4)CC3)sc2n1. The average molecular weight is 439 g/mol. The number of rotatable bonds is 5. The standard InChI is InChI=1S/C19H20Cl2N4O2S/c1-2-13-10-17(26)25-18(22-13)28-19(23-25)24-7-5-14(6-8-24)27-11-12-3-4-15(20)16(21)9-12/h3-4,9-10,14H,2,5-8,11H2,1H3. The van der Waals surface area contributed by atoms with Gasteiger partial charge in [-0.15, -0.1) is 5.10 Å². The lowest BCUT2D eigenvalue weighted by Crippen LogP contribution is -2.37. The van der Waals surface area contributed by atoms with Gasteiger partial charge in [-0.05, 0) is 37.0 Å². The highest BCUT2D eigenvalue weighted by Gasteiger charge is 2.23. The van der Waals surface area contributed by atoms with Gasteiger partial charge in [0.15, 0.2) is 0 Å². The highest BCUT2D eigenvalue weighted by Crippen LogP contribution is 2.27. The summed E-state index contributed by atoms with van der Waals surface area (Å²) in [5.41, 5.74) is 1.69. The van der Waals surface area contributed by atoms with Gasteiger partial charge in [0.1, 0.15) is 0 Å². The first-order chi connectivity index (χ1) is 13.5. The van der Waals surface area contributed by atoms with Gasteiger partial charge in [0, 0.05) is 24.8 Å². The number of ether oxygens (including phenoxy) is 1. The first kappa shape index (κ1) is 19.6. The molecule has 1 aliphatic heterocycles. The molecule has 28 heavy (non-hydrogen) atoms. The summed E-state index contributed by atoms with van der Waals surface area (Å²) in [5, 5.41) is 6.40. The fraction of sp³-hybridized carbons (Fsp3) is 0.421. The van der Waals surface area contributed by atoms with E-state index in [0.29, 0.717) is 21.6 Å². The number of nitrogens with zero attached hydrogens (tertiary/aromatic N) is 4. The Kier molecular flexibility index (Phi) is 5.87. The van der Waals surface area contributed by atoms with E-state index >= 15 is 0 Å². The van der Waals surface area contributed by atoms with Crippen molar-refractivity contribution in [3.05, 3.63) is 55.9 Å². The van der Waals surface area contributed by atoms with Crippen LogP contribution in [-0.4, -0.2) is 33.8 Å². The summed E-state index contributed by atoms with van der Waals surface area (Å²) in [6.45, 7) is 4.17. The number of halogens is 2. The molecule has 3 aromatic rings. The summed E-state index contributed by atoms with van der Waals surface area (Å²) >= 11 is 13.5. The van der Waals surface area contributed by atoms with Crippen LogP contribution in [0.1, 0.15) is 31.0 Å². The van der Waals surface area contributed by atoms with Crippen molar-refractivity contribution in [1.82, 2.24) is 14.6 Å². The Hall–Kier alpha value is -1.67. The molecule has 0 saturated carbocycles. The zero-order chi connectivity index (χ0) is 19.7. The van der Waals surface area contributed by atoms with Crippen molar-refractivity contribution < 1.29 is 4.74 Å². The van der Waals surface area contributed by atoms with Crippen molar-refractivity contribution in [3.63, 3.8) is 0 Å². The van der Waals surface area contributed by atoms with Gasteiger partial charge in [0.2, 0.25) is 10.1 Å². The van der Waals surface area contributed by atoms with Crippen LogP contribution in [0.2, 0.25) is 10.0 Å². The number of fused-ring (bicyclic) bond motifs is 1. The molecule has 9 heteroatoms. The summed E-state index contributed by atoms with van der Waals surface area (Å²) in [7, 11) is 0. The number of piperidine rings is 1. The van der Waals surface area contributed by atoms with Crippen LogP contribution < -0.4 is 10.5 Å². The van der Waals surface area contributed by atoms with E-state index in [2.05, 4.69) is 15.0 Å². The minimum Gasteiger partial charge on any atom is -0.373 e. The van der Waals surface area contributed by atoms with Crippen molar-refractivity contribution in [2.24, 2.45) is 0 Å². The molecule has 0 unspecified atom stereocenters. The lowest BCUT2D eigenvalue weighted by Gasteiger charge is -2.31. The molecule has 3 heterocycles. The van der Waals surface area contributed by atoms with Crippen LogP contribution in [0.3, 0.4) is 0 Å². The van der Waals surface area contributed by atoms with Gasteiger partial charge in [-0.1, -0.05) is 47.5 Å². The minimum atomic E-state index is -0.121. The Labute approximate surface area is 176 Å². The van der Waals surface area contributed by atoms with E-state index in [-0.39, 0.29) is 11.7 Å². The molecule has 6 nitrogen and oxygen atoms in total. The Morgan fingerprint density at radius 2 is 2.00 bits per heavy atom. The van der Waals surface area contributed by atoms with Crippen LogP contribution in [-0.2, 0) is 17.8 Å². The predicted octanol–water partition coefficient (Wildman–Crippen LogP) is 4.21. The van der Waals surface area contributed by atoms with Crippen molar-refractivity contribution in [2.75, 3.05) is 18.0 Å². The second-order valence-electron chi connectivity index (χ2n) is 6.76. The van der Waals surface area contributed by atoms with Crippen LogP contribution in [0.15, 0.2) is 29.1 Å². The Balaban J connectivity index is 1.37. The van der Waals surface area contributed by atoms with Crippen LogP contribution in [0.5, 0.6) is 0 Å². The Bertz CT molecular complexity index is 1040. The smallest absolute Gasteiger partial charge is 0.275 e. The summed E-state index contributed by atoms with van der Waals surface area (Å²) < 4.78 is 7.44. The molecule has 1 aliphatic rings. The number of aryl methyl sites for hydroxylation is 1. The van der Waals surface area contributed by atoms with E-state index in [1.54, 1.807) is 12.1 Å². The third-order valence-corrected chi connectivity index (χ3v) is 6.54. The van der Waals surface area contributed by atoms with Crippen molar-refractivity contribution in [3.8, 4) is 0 Å². The Morgan fingerprint density at radius 1 is 1.21 bits per heavy atom. The van der Waals surface area contributed by atoms with E-state index in [0.717, 1.165) is 48.7 Å². The third-order valence-electron chi connectivity index (χ3n) is 4.83. The zero-order valence-corrected chi connectivity index (χ0v) is 17.7. The van der Waals surface area contributed by atoms with Crippen LogP contribution in [0.25, 0.3) is 4.96 Å². The lowest BCUT2D eigenvalue weighted by atomic mass is 10.1. The largest absolute Gasteiger partial charge is 0.373 e. The average Bonchev–Trinajstić information content (AvgIpc) is 3.14. The van der Waals surface area contributed by atoms with Crippen LogP contribution in [0, 0.1) is 0 Å². The van der Waals surface area contributed by atoms with Gasteiger partial charge in [-0.25, -0.2) is 4.98 Å². The first-order valence-corrected chi connectivity index (χ1v) is 10.8. The maximum Gasteiger partial charge on any atom is 0.275 e. The monoisotopic (exact) mass is 438 g/mol. The quantitative estimate of drug-likeness (QED) is 0.596. The van der Waals surface area contributed by atoms with E-state index < -0.39 is 0 Å². The maximum absolute atomic E-state index is 12.2. The number of aromatic nitrogens is 3. The summed E-state index contributed by atoms with van der Waals surface area (Å²) in [5.74, 6) is 0.